The van der Waals surface area contributed by atoms with Crippen LogP contribution in [0.15, 0.2) is 65.1 Å². The Bertz CT molecular complexity index is 1080. The van der Waals surface area contributed by atoms with Crippen molar-refractivity contribution in [2.75, 3.05) is 13.7 Å². The highest BCUT2D eigenvalue weighted by Gasteiger charge is 2.12. The molecular weight excluding hydrogens is 440 g/mol. The predicted molar refractivity (Wildman–Crippen MR) is 111 cm³/mol. The highest BCUT2D eigenvalue weighted by atomic mass is 79.9. The topological polar surface area (TPSA) is 93.7 Å². The number of hydrazine groups is 1. The molecule has 8 heteroatoms. The number of nitrogens with one attached hydrogen (secondary N) is 2. The van der Waals surface area contributed by atoms with Crippen molar-refractivity contribution in [2.24, 2.45) is 0 Å². The van der Waals surface area contributed by atoms with Gasteiger partial charge in [0.2, 0.25) is 0 Å². The minimum absolute atomic E-state index is 0.200. The van der Waals surface area contributed by atoms with Crippen LogP contribution in [0.3, 0.4) is 0 Å². The van der Waals surface area contributed by atoms with Crippen LogP contribution in [0.1, 0.15) is 20.7 Å². The van der Waals surface area contributed by atoms with E-state index in [4.69, 9.17) is 4.74 Å². The highest BCUT2D eigenvalue weighted by Crippen LogP contribution is 2.32. The Balaban J connectivity index is 1.56. The molecule has 0 aliphatic heterocycles. The molecule has 0 aliphatic rings. The van der Waals surface area contributed by atoms with Gasteiger partial charge in [0.05, 0.1) is 17.1 Å². The Labute approximate surface area is 175 Å². The Morgan fingerprint density at radius 3 is 2.48 bits per heavy atom. The predicted octanol–water partition coefficient (Wildman–Crippen LogP) is 3.23. The summed E-state index contributed by atoms with van der Waals surface area (Å²) in [6.45, 7) is -0.292. The van der Waals surface area contributed by atoms with E-state index in [9.17, 15) is 14.4 Å². The molecule has 3 rings (SSSR count). The minimum Gasteiger partial charge on any atom is -0.483 e. The molecule has 2 amide bonds. The number of esters is 1. The lowest BCUT2D eigenvalue weighted by Crippen LogP contribution is -2.43. The molecule has 0 saturated carbocycles. The second-order valence-corrected chi connectivity index (χ2v) is 6.76. The minimum atomic E-state index is -0.573. The number of carbonyl (C=O) groups is 3. The molecule has 3 aromatic carbocycles. The number of amides is 2. The van der Waals surface area contributed by atoms with Gasteiger partial charge in [-0.15, -0.1) is 0 Å². The average molecular weight is 457 g/mol. The van der Waals surface area contributed by atoms with E-state index in [0.717, 1.165) is 15.2 Å². The second-order valence-electron chi connectivity index (χ2n) is 5.96. The molecule has 29 heavy (non-hydrogen) atoms. The summed E-state index contributed by atoms with van der Waals surface area (Å²) in [4.78, 5) is 35.7. The first-order valence-corrected chi connectivity index (χ1v) is 9.36. The molecule has 0 saturated heterocycles. The second kappa shape index (κ2) is 9.20. The first kappa shape index (κ1) is 20.3. The molecule has 148 valence electrons. The van der Waals surface area contributed by atoms with Gasteiger partial charge in [0.15, 0.2) is 6.61 Å². The Morgan fingerprint density at radius 2 is 1.69 bits per heavy atom. The fourth-order valence-corrected chi connectivity index (χ4v) is 3.22. The van der Waals surface area contributed by atoms with E-state index in [1.54, 1.807) is 12.1 Å². The van der Waals surface area contributed by atoms with Crippen LogP contribution in [0, 0.1) is 0 Å². The maximum Gasteiger partial charge on any atom is 0.337 e. The number of hydrogen-bond donors (Lipinski definition) is 2. The van der Waals surface area contributed by atoms with E-state index >= 15 is 0 Å². The van der Waals surface area contributed by atoms with Gasteiger partial charge >= 0.3 is 5.97 Å². The average Bonchev–Trinajstić information content (AvgIpc) is 2.76. The summed E-state index contributed by atoms with van der Waals surface area (Å²) in [6.07, 6.45) is 0. The standard InChI is InChI=1S/C21H17BrN2O5/c1-28-21(27)15-7-4-6-14(11-15)20(26)24-23-18(25)12-29-17-10-9-13-5-2-3-8-16(13)19(17)22/h2-11H,12H2,1H3,(H,23,25)(H,24,26). The van der Waals surface area contributed by atoms with E-state index < -0.39 is 17.8 Å². The van der Waals surface area contributed by atoms with Crippen LogP contribution in [0.25, 0.3) is 10.8 Å². The van der Waals surface area contributed by atoms with E-state index in [2.05, 4.69) is 31.5 Å². The zero-order valence-corrected chi connectivity index (χ0v) is 17.0. The van der Waals surface area contributed by atoms with Gasteiger partial charge in [0.25, 0.3) is 11.8 Å². The van der Waals surface area contributed by atoms with Crippen molar-refractivity contribution in [3.63, 3.8) is 0 Å². The molecule has 7 nitrogen and oxygen atoms in total. The fourth-order valence-electron chi connectivity index (χ4n) is 2.61. The normalized spacial score (nSPS) is 10.3. The van der Waals surface area contributed by atoms with Crippen LogP contribution in [0.4, 0.5) is 0 Å². The molecule has 0 spiro atoms. The monoisotopic (exact) mass is 456 g/mol. The number of ether oxygens (including phenoxy) is 2. The molecule has 3 aromatic rings. The van der Waals surface area contributed by atoms with Gasteiger partial charge in [-0.05, 0) is 51.0 Å². The SMILES string of the molecule is COC(=O)c1cccc(C(=O)NNC(=O)COc2ccc3ccccc3c2Br)c1. The Hall–Kier alpha value is -3.39. The smallest absolute Gasteiger partial charge is 0.337 e. The van der Waals surface area contributed by atoms with Crippen LogP contribution in [0.5, 0.6) is 5.75 Å². The van der Waals surface area contributed by atoms with Gasteiger partial charge in [-0.2, -0.15) is 0 Å². The van der Waals surface area contributed by atoms with Crippen LogP contribution >= 0.6 is 15.9 Å². The van der Waals surface area contributed by atoms with Crippen molar-refractivity contribution in [3.05, 3.63) is 76.3 Å². The first-order valence-electron chi connectivity index (χ1n) is 8.57. The number of halogens is 1. The van der Waals surface area contributed by atoms with Crippen LogP contribution in [-0.4, -0.2) is 31.5 Å². The van der Waals surface area contributed by atoms with Crippen molar-refractivity contribution in [1.29, 1.82) is 0 Å². The molecule has 0 fully saturated rings. The first-order chi connectivity index (χ1) is 14.0. The van der Waals surface area contributed by atoms with Crippen molar-refractivity contribution in [1.82, 2.24) is 10.9 Å². The summed E-state index contributed by atoms with van der Waals surface area (Å²) in [7, 11) is 1.25. The maximum absolute atomic E-state index is 12.2. The molecule has 0 unspecified atom stereocenters. The number of hydrogen-bond acceptors (Lipinski definition) is 5. The molecule has 0 aliphatic carbocycles. The number of methoxy groups -OCH3 is 1. The summed E-state index contributed by atoms with van der Waals surface area (Å²) in [5.74, 6) is -1.16. The Morgan fingerprint density at radius 1 is 0.931 bits per heavy atom. The zero-order valence-electron chi connectivity index (χ0n) is 15.4. The van der Waals surface area contributed by atoms with Gasteiger partial charge in [0.1, 0.15) is 5.75 Å². The van der Waals surface area contributed by atoms with Gasteiger partial charge < -0.3 is 9.47 Å². The summed E-state index contributed by atoms with van der Waals surface area (Å²) in [6, 6.07) is 17.4. The molecule has 0 heterocycles. The van der Waals surface area contributed by atoms with Crippen LogP contribution < -0.4 is 15.6 Å². The van der Waals surface area contributed by atoms with Gasteiger partial charge in [-0.25, -0.2) is 4.79 Å². The van der Waals surface area contributed by atoms with Gasteiger partial charge in [0, 0.05) is 5.56 Å². The van der Waals surface area contributed by atoms with E-state index in [1.165, 1.54) is 25.3 Å². The Kier molecular flexibility index (Phi) is 6.46. The maximum atomic E-state index is 12.2. The summed E-state index contributed by atoms with van der Waals surface area (Å²) in [5.41, 5.74) is 4.99. The molecule has 0 radical (unpaired) electrons. The van der Waals surface area contributed by atoms with Gasteiger partial charge in [-0.3, -0.25) is 20.4 Å². The van der Waals surface area contributed by atoms with E-state index in [-0.39, 0.29) is 17.7 Å². The van der Waals surface area contributed by atoms with Crippen molar-refractivity contribution >= 4 is 44.5 Å². The highest BCUT2D eigenvalue weighted by molar-refractivity contribution is 9.10. The number of fused-ring (bicyclic) bond motifs is 1. The zero-order chi connectivity index (χ0) is 20.8. The third-order valence-electron chi connectivity index (χ3n) is 4.05. The van der Waals surface area contributed by atoms with Crippen molar-refractivity contribution < 1.29 is 23.9 Å². The lowest BCUT2D eigenvalue weighted by Gasteiger charge is -2.11. The number of carbonyl (C=O) groups excluding carboxylic acids is 3. The third-order valence-corrected chi connectivity index (χ3v) is 4.87. The molecule has 0 bridgehead atoms. The van der Waals surface area contributed by atoms with Crippen molar-refractivity contribution in [2.45, 2.75) is 0 Å². The molecular formula is C21H17BrN2O5. The third kappa shape index (κ3) is 4.91. The molecule has 0 aromatic heterocycles. The van der Waals surface area contributed by atoms with Crippen LogP contribution in [0.2, 0.25) is 0 Å². The largest absolute Gasteiger partial charge is 0.483 e. The summed E-state index contributed by atoms with van der Waals surface area (Å²) >= 11 is 3.48. The number of rotatable bonds is 5. The van der Waals surface area contributed by atoms with Crippen LogP contribution in [-0.2, 0) is 9.53 Å². The van der Waals surface area contributed by atoms with Crippen molar-refractivity contribution in [3.8, 4) is 5.75 Å². The lowest BCUT2D eigenvalue weighted by atomic mass is 10.1. The molecule has 0 atom stereocenters. The molecule has 2 N–H and O–H groups in total. The fraction of sp³-hybridized carbons (Fsp3) is 0.0952. The summed E-state index contributed by atoms with van der Waals surface area (Å²) in [5, 5.41) is 2.00. The van der Waals surface area contributed by atoms with E-state index in [0.29, 0.717) is 5.75 Å². The summed E-state index contributed by atoms with van der Waals surface area (Å²) < 4.78 is 10.9. The van der Waals surface area contributed by atoms with Gasteiger partial charge in [-0.1, -0.05) is 36.4 Å². The lowest BCUT2D eigenvalue weighted by molar-refractivity contribution is -0.123. The quantitative estimate of drug-likeness (QED) is 0.454. The van der Waals surface area contributed by atoms with E-state index in [1.807, 2.05) is 30.3 Å². The number of benzene rings is 3.